The Morgan fingerprint density at radius 2 is 0.658 bits per heavy atom. The summed E-state index contributed by atoms with van der Waals surface area (Å²) in [7, 11) is 2.08. The van der Waals surface area contributed by atoms with Crippen LogP contribution in [0.15, 0.2) is 0 Å². The van der Waals surface area contributed by atoms with Crippen molar-refractivity contribution in [3.8, 4) is 0 Å². The SMILES string of the molecule is CCCCCCCCCOC(CCC(=O)OCCCCCCCCC(CCCCCCCCOC(=O)CCC(OCCCCCCCCC)OCCCCCCCCC)OC(=O)C1(C)CCN(C)C1)OCCCCCCCCC. The molecule has 0 aromatic carbocycles. The van der Waals surface area contributed by atoms with E-state index in [4.69, 9.17) is 33.2 Å². The van der Waals surface area contributed by atoms with Gasteiger partial charge < -0.3 is 38.1 Å². The van der Waals surface area contributed by atoms with Crippen LogP contribution in [-0.4, -0.2) is 101 Å². The molecule has 0 aromatic rings. The highest BCUT2D eigenvalue weighted by atomic mass is 16.7. The van der Waals surface area contributed by atoms with E-state index in [0.29, 0.717) is 65.3 Å². The summed E-state index contributed by atoms with van der Waals surface area (Å²) in [6, 6.07) is 0. The van der Waals surface area contributed by atoms with E-state index in [1.54, 1.807) is 0 Å². The lowest BCUT2D eigenvalue weighted by molar-refractivity contribution is -0.160. The normalized spacial score (nSPS) is 14.8. The van der Waals surface area contributed by atoms with Crippen molar-refractivity contribution in [3.63, 3.8) is 0 Å². The quantitative estimate of drug-likeness (QED) is 0.0251. The van der Waals surface area contributed by atoms with Crippen molar-refractivity contribution in [1.29, 1.82) is 0 Å². The van der Waals surface area contributed by atoms with E-state index in [9.17, 15) is 14.4 Å². The van der Waals surface area contributed by atoms with Crippen molar-refractivity contribution in [1.82, 2.24) is 4.90 Å². The molecule has 1 heterocycles. The Bertz CT molecular complexity index is 1220. The van der Waals surface area contributed by atoms with Crippen molar-refractivity contribution in [2.75, 3.05) is 59.8 Å². The van der Waals surface area contributed by atoms with Gasteiger partial charge in [-0.05, 0) is 91.1 Å². The molecule has 0 spiro atoms. The predicted octanol–water partition coefficient (Wildman–Crippen LogP) is 19.1. The number of carbonyl (C=O) groups excluding carboxylic acids is 3. The van der Waals surface area contributed by atoms with E-state index in [-0.39, 0.29) is 36.6 Å². The second kappa shape index (κ2) is 56.7. The lowest BCUT2D eigenvalue weighted by Gasteiger charge is -2.26. The molecule has 1 rings (SSSR count). The van der Waals surface area contributed by atoms with E-state index in [2.05, 4.69) is 46.6 Å². The van der Waals surface area contributed by atoms with Crippen LogP contribution in [0.25, 0.3) is 0 Å². The Morgan fingerprint density at radius 3 is 0.949 bits per heavy atom. The zero-order chi connectivity index (χ0) is 57.4. The molecule has 11 nitrogen and oxygen atoms in total. The smallest absolute Gasteiger partial charge is 0.313 e. The molecule has 1 unspecified atom stereocenters. The second-order valence-corrected chi connectivity index (χ2v) is 24.2. The van der Waals surface area contributed by atoms with Crippen LogP contribution in [0.5, 0.6) is 0 Å². The molecule has 0 N–H and O–H groups in total. The number of ether oxygens (including phenoxy) is 7. The molecule has 468 valence electrons. The molecule has 1 atom stereocenters. The first kappa shape index (κ1) is 75.2. The number of rotatable bonds is 62. The minimum atomic E-state index is -0.424. The highest BCUT2D eigenvalue weighted by molar-refractivity contribution is 5.77. The topological polar surface area (TPSA) is 119 Å². The van der Waals surface area contributed by atoms with Gasteiger partial charge in [-0.25, -0.2) is 0 Å². The van der Waals surface area contributed by atoms with Crippen LogP contribution in [0.4, 0.5) is 0 Å². The third-order valence-corrected chi connectivity index (χ3v) is 16.2. The van der Waals surface area contributed by atoms with E-state index < -0.39 is 5.41 Å². The summed E-state index contributed by atoms with van der Waals surface area (Å²) in [6.45, 7) is 16.4. The van der Waals surface area contributed by atoms with Gasteiger partial charge in [-0.2, -0.15) is 0 Å². The maximum Gasteiger partial charge on any atom is 0.313 e. The number of carbonyl (C=O) groups is 3. The first-order valence-electron chi connectivity index (χ1n) is 34.3. The van der Waals surface area contributed by atoms with Crippen molar-refractivity contribution in [3.05, 3.63) is 0 Å². The summed E-state index contributed by atoms with van der Waals surface area (Å²) in [4.78, 5) is 41.2. The maximum atomic E-state index is 13.5. The standard InChI is InChI=1S/C68H131NO10/c1-7-11-15-19-25-35-43-57-75-65(76-58-44-36-26-20-16-12-8-2)51-49-63(70)73-55-41-33-29-23-31-39-47-62(79-67(72)68(5)53-54-69(6)61-68)48-40-32-24-30-34-42-56-74-64(71)50-52-66(77-59-45-37-27-21-17-13-9-3)78-60-46-38-28-22-18-14-10-4/h62,65-66H,7-61H2,1-6H3. The van der Waals surface area contributed by atoms with Crippen molar-refractivity contribution >= 4 is 17.9 Å². The lowest BCUT2D eigenvalue weighted by Crippen LogP contribution is -2.35. The van der Waals surface area contributed by atoms with Gasteiger partial charge in [0.2, 0.25) is 0 Å². The Balaban J connectivity index is 2.37. The monoisotopic (exact) mass is 1120 g/mol. The average Bonchev–Trinajstić information content (AvgIpc) is 3.82. The highest BCUT2D eigenvalue weighted by Gasteiger charge is 2.41. The molecule has 0 amide bonds. The molecule has 0 saturated carbocycles. The van der Waals surface area contributed by atoms with Crippen molar-refractivity contribution in [2.45, 2.75) is 355 Å². The molecular formula is C68H131NO10. The molecule has 1 aliphatic rings. The Kier molecular flexibility index (Phi) is 54.0. The summed E-state index contributed by atoms with van der Waals surface area (Å²) >= 11 is 0. The Hall–Kier alpha value is -1.79. The summed E-state index contributed by atoms with van der Waals surface area (Å²) in [6.07, 6.45) is 51.1. The summed E-state index contributed by atoms with van der Waals surface area (Å²) in [5.74, 6) is -0.345. The van der Waals surface area contributed by atoms with E-state index in [1.807, 2.05) is 0 Å². The molecule has 1 aliphatic heterocycles. The van der Waals surface area contributed by atoms with Gasteiger partial charge in [-0.15, -0.1) is 0 Å². The number of nitrogens with zero attached hydrogens (tertiary/aromatic N) is 1. The molecule has 1 fully saturated rings. The fourth-order valence-corrected chi connectivity index (χ4v) is 10.8. The summed E-state index contributed by atoms with van der Waals surface area (Å²) in [5, 5.41) is 0. The third kappa shape index (κ3) is 48.3. The van der Waals surface area contributed by atoms with Gasteiger partial charge in [-0.1, -0.05) is 233 Å². The number of hydrogen-bond donors (Lipinski definition) is 0. The van der Waals surface area contributed by atoms with Crippen LogP contribution < -0.4 is 0 Å². The highest BCUT2D eigenvalue weighted by Crippen LogP contribution is 2.32. The van der Waals surface area contributed by atoms with Gasteiger partial charge in [0.1, 0.15) is 6.10 Å². The predicted molar refractivity (Wildman–Crippen MR) is 328 cm³/mol. The zero-order valence-corrected chi connectivity index (χ0v) is 53.2. The summed E-state index contributed by atoms with van der Waals surface area (Å²) in [5.41, 5.74) is -0.424. The molecule has 11 heteroatoms. The lowest BCUT2D eigenvalue weighted by atomic mass is 9.90. The molecule has 1 saturated heterocycles. The van der Waals surface area contributed by atoms with Crippen LogP contribution >= 0.6 is 0 Å². The van der Waals surface area contributed by atoms with Gasteiger partial charge in [-0.3, -0.25) is 14.4 Å². The van der Waals surface area contributed by atoms with Gasteiger partial charge in [0, 0.05) is 45.8 Å². The molecule has 79 heavy (non-hydrogen) atoms. The second-order valence-electron chi connectivity index (χ2n) is 24.2. The minimum absolute atomic E-state index is 0.0314. The first-order valence-corrected chi connectivity index (χ1v) is 34.3. The van der Waals surface area contributed by atoms with Crippen LogP contribution in [-0.2, 0) is 47.5 Å². The fraction of sp³-hybridized carbons (Fsp3) is 0.956. The molecule has 0 aliphatic carbocycles. The van der Waals surface area contributed by atoms with E-state index in [0.717, 1.165) is 135 Å². The van der Waals surface area contributed by atoms with Crippen LogP contribution in [0.1, 0.15) is 336 Å². The fourth-order valence-electron chi connectivity index (χ4n) is 10.8. The number of likely N-dealkylation sites (tertiary alicyclic amines) is 1. The minimum Gasteiger partial charge on any atom is -0.466 e. The average molecular weight is 1120 g/mol. The molecule has 0 aromatic heterocycles. The third-order valence-electron chi connectivity index (χ3n) is 16.2. The van der Waals surface area contributed by atoms with Crippen molar-refractivity contribution < 1.29 is 47.5 Å². The first-order chi connectivity index (χ1) is 38.7. The zero-order valence-electron chi connectivity index (χ0n) is 53.2. The number of hydrogen-bond acceptors (Lipinski definition) is 11. The van der Waals surface area contributed by atoms with Gasteiger partial charge in [0.05, 0.1) is 31.5 Å². The summed E-state index contributed by atoms with van der Waals surface area (Å²) < 4.78 is 42.2. The molecule has 0 radical (unpaired) electrons. The van der Waals surface area contributed by atoms with E-state index >= 15 is 0 Å². The molecule has 0 bridgehead atoms. The number of unbranched alkanes of at least 4 members (excludes halogenated alkanes) is 34. The number of esters is 3. The van der Waals surface area contributed by atoms with Gasteiger partial charge in [0.25, 0.3) is 0 Å². The molecular weight excluding hydrogens is 991 g/mol. The largest absolute Gasteiger partial charge is 0.466 e. The van der Waals surface area contributed by atoms with Crippen molar-refractivity contribution in [2.24, 2.45) is 5.41 Å². The van der Waals surface area contributed by atoms with E-state index in [1.165, 1.54) is 154 Å². The Morgan fingerprint density at radius 1 is 0.380 bits per heavy atom. The maximum absolute atomic E-state index is 13.5. The van der Waals surface area contributed by atoms with Crippen LogP contribution in [0, 0.1) is 5.41 Å². The van der Waals surface area contributed by atoms with Gasteiger partial charge >= 0.3 is 17.9 Å². The van der Waals surface area contributed by atoms with Crippen LogP contribution in [0.2, 0.25) is 0 Å². The Labute approximate surface area is 488 Å². The van der Waals surface area contributed by atoms with Gasteiger partial charge in [0.15, 0.2) is 12.6 Å². The van der Waals surface area contributed by atoms with Crippen LogP contribution in [0.3, 0.4) is 0 Å².